The van der Waals surface area contributed by atoms with Gasteiger partial charge in [0, 0.05) is 12.1 Å². The van der Waals surface area contributed by atoms with Gasteiger partial charge < -0.3 is 15.3 Å². The van der Waals surface area contributed by atoms with E-state index in [-0.39, 0.29) is 24.7 Å². The lowest BCUT2D eigenvalue weighted by Gasteiger charge is -2.37. The summed E-state index contributed by atoms with van der Waals surface area (Å²) in [6.45, 7) is 3.19. The minimum Gasteiger partial charge on any atom is -0.468 e. The molecule has 3 N–H and O–H groups in total. The highest BCUT2D eigenvalue weighted by Gasteiger charge is 2.32. The van der Waals surface area contributed by atoms with Crippen LogP contribution in [0.4, 0.5) is 0 Å². The molecular weight excluding hydrogens is 228 g/mol. The first kappa shape index (κ1) is 13.6. The van der Waals surface area contributed by atoms with Crippen LogP contribution in [-0.4, -0.2) is 35.2 Å². The molecule has 0 spiro atoms. The van der Waals surface area contributed by atoms with Crippen LogP contribution in [0.15, 0.2) is 22.8 Å². The van der Waals surface area contributed by atoms with Gasteiger partial charge in [-0.15, -0.1) is 0 Å². The van der Waals surface area contributed by atoms with Gasteiger partial charge in [0.1, 0.15) is 5.76 Å². The number of aliphatic hydroxyl groups is 1. The highest BCUT2D eigenvalue weighted by atomic mass is 16.3. The Morgan fingerprint density at radius 1 is 1.50 bits per heavy atom. The fourth-order valence-electron chi connectivity index (χ4n) is 2.95. The number of nitrogens with zero attached hydrogens (tertiary/aromatic N) is 1. The molecule has 1 aromatic rings. The van der Waals surface area contributed by atoms with Crippen LogP contribution in [0, 0.1) is 0 Å². The van der Waals surface area contributed by atoms with Gasteiger partial charge in [0.25, 0.3) is 0 Å². The van der Waals surface area contributed by atoms with Gasteiger partial charge >= 0.3 is 0 Å². The molecule has 0 radical (unpaired) electrons. The smallest absolute Gasteiger partial charge is 0.122 e. The van der Waals surface area contributed by atoms with Crippen molar-refractivity contribution >= 4 is 0 Å². The number of hydrogen-bond acceptors (Lipinski definition) is 4. The molecule has 4 heteroatoms. The molecule has 1 aliphatic rings. The van der Waals surface area contributed by atoms with Crippen LogP contribution < -0.4 is 5.73 Å². The van der Waals surface area contributed by atoms with Crippen LogP contribution in [0.2, 0.25) is 0 Å². The average Bonchev–Trinajstić information content (AvgIpc) is 2.75. The second kappa shape index (κ2) is 6.36. The second-order valence-corrected chi connectivity index (χ2v) is 5.24. The standard InChI is InChI=1S/C14H24N2O2/c1-11(15)14(13-7-5-9-18-13)16-8-4-2-3-6-12(16)10-17/h5,7,9,11-12,14,17H,2-4,6,8,10,15H2,1H3. The van der Waals surface area contributed by atoms with Crippen LogP contribution in [0.1, 0.15) is 44.4 Å². The van der Waals surface area contributed by atoms with E-state index >= 15 is 0 Å². The Morgan fingerprint density at radius 2 is 2.33 bits per heavy atom. The Bertz CT molecular complexity index is 338. The van der Waals surface area contributed by atoms with Gasteiger partial charge in [-0.05, 0) is 38.4 Å². The van der Waals surface area contributed by atoms with Gasteiger partial charge in [-0.3, -0.25) is 4.90 Å². The molecule has 2 heterocycles. The van der Waals surface area contributed by atoms with Crippen molar-refractivity contribution in [1.29, 1.82) is 0 Å². The molecule has 4 nitrogen and oxygen atoms in total. The van der Waals surface area contributed by atoms with E-state index in [1.54, 1.807) is 6.26 Å². The van der Waals surface area contributed by atoms with E-state index in [1.165, 1.54) is 19.3 Å². The Morgan fingerprint density at radius 3 is 2.94 bits per heavy atom. The van der Waals surface area contributed by atoms with E-state index in [9.17, 15) is 5.11 Å². The summed E-state index contributed by atoms with van der Waals surface area (Å²) in [7, 11) is 0. The lowest BCUT2D eigenvalue weighted by molar-refractivity contribution is 0.0647. The fraction of sp³-hybridized carbons (Fsp3) is 0.714. The van der Waals surface area contributed by atoms with E-state index in [0.717, 1.165) is 18.7 Å². The van der Waals surface area contributed by atoms with Crippen LogP contribution in [0.3, 0.4) is 0 Å². The highest BCUT2D eigenvalue weighted by molar-refractivity contribution is 5.08. The summed E-state index contributed by atoms with van der Waals surface area (Å²) in [5.74, 6) is 0.908. The molecular formula is C14H24N2O2. The maximum absolute atomic E-state index is 9.60. The minimum absolute atomic E-state index is 0.0108. The van der Waals surface area contributed by atoms with Gasteiger partial charge in [0.2, 0.25) is 0 Å². The highest BCUT2D eigenvalue weighted by Crippen LogP contribution is 2.30. The molecule has 0 saturated carbocycles. The molecule has 3 unspecified atom stereocenters. The van der Waals surface area contributed by atoms with Gasteiger partial charge in [0.15, 0.2) is 0 Å². The van der Waals surface area contributed by atoms with Crippen molar-refractivity contribution in [3.63, 3.8) is 0 Å². The number of nitrogens with two attached hydrogens (primary N) is 1. The van der Waals surface area contributed by atoms with Crippen molar-refractivity contribution < 1.29 is 9.52 Å². The SMILES string of the molecule is CC(N)C(c1ccco1)N1CCCCCC1CO. The minimum atomic E-state index is -0.0108. The third-order valence-electron chi connectivity index (χ3n) is 3.82. The van der Waals surface area contributed by atoms with E-state index in [0.29, 0.717) is 0 Å². The lowest BCUT2D eigenvalue weighted by atomic mass is 10.0. The zero-order chi connectivity index (χ0) is 13.0. The topological polar surface area (TPSA) is 62.6 Å². The summed E-state index contributed by atoms with van der Waals surface area (Å²) in [6.07, 6.45) is 6.32. The number of rotatable bonds is 4. The zero-order valence-corrected chi connectivity index (χ0v) is 11.1. The Kier molecular flexibility index (Phi) is 4.80. The molecule has 1 fully saturated rings. The first-order valence-electron chi connectivity index (χ1n) is 6.89. The molecule has 3 atom stereocenters. The molecule has 2 rings (SSSR count). The number of furan rings is 1. The van der Waals surface area contributed by atoms with Crippen molar-refractivity contribution in [1.82, 2.24) is 4.90 Å². The zero-order valence-electron chi connectivity index (χ0n) is 11.1. The van der Waals surface area contributed by atoms with Gasteiger partial charge in [-0.1, -0.05) is 12.8 Å². The van der Waals surface area contributed by atoms with E-state index in [4.69, 9.17) is 10.2 Å². The maximum atomic E-state index is 9.60. The van der Waals surface area contributed by atoms with Gasteiger partial charge in [0.05, 0.1) is 18.9 Å². The quantitative estimate of drug-likeness (QED) is 0.859. The van der Waals surface area contributed by atoms with E-state index in [1.807, 2.05) is 19.1 Å². The van der Waals surface area contributed by atoms with Crippen molar-refractivity contribution in [3.8, 4) is 0 Å². The largest absolute Gasteiger partial charge is 0.468 e. The Hall–Kier alpha value is -0.840. The average molecular weight is 252 g/mol. The summed E-state index contributed by atoms with van der Waals surface area (Å²) in [4.78, 5) is 2.33. The Labute approximate surface area is 109 Å². The predicted octanol–water partition coefficient (Wildman–Crippen LogP) is 1.90. The Balaban J connectivity index is 2.22. The third kappa shape index (κ3) is 2.94. The van der Waals surface area contributed by atoms with Crippen molar-refractivity contribution in [3.05, 3.63) is 24.2 Å². The molecule has 0 aromatic carbocycles. The van der Waals surface area contributed by atoms with Gasteiger partial charge in [-0.25, -0.2) is 0 Å². The summed E-state index contributed by atoms with van der Waals surface area (Å²) in [6, 6.07) is 4.14. The summed E-state index contributed by atoms with van der Waals surface area (Å²) in [5, 5.41) is 9.60. The lowest BCUT2D eigenvalue weighted by Crippen LogP contribution is -2.46. The van der Waals surface area contributed by atoms with Crippen molar-refractivity contribution in [2.75, 3.05) is 13.2 Å². The first-order chi connectivity index (χ1) is 8.74. The maximum Gasteiger partial charge on any atom is 0.122 e. The summed E-state index contributed by atoms with van der Waals surface area (Å²) in [5.41, 5.74) is 6.14. The molecule has 0 aliphatic carbocycles. The van der Waals surface area contributed by atoms with Crippen LogP contribution >= 0.6 is 0 Å². The fourth-order valence-corrected chi connectivity index (χ4v) is 2.95. The first-order valence-corrected chi connectivity index (χ1v) is 6.89. The molecule has 0 amide bonds. The molecule has 0 bridgehead atoms. The number of hydrogen-bond donors (Lipinski definition) is 2. The number of likely N-dealkylation sites (tertiary alicyclic amines) is 1. The van der Waals surface area contributed by atoms with Crippen LogP contribution in [0.5, 0.6) is 0 Å². The third-order valence-corrected chi connectivity index (χ3v) is 3.82. The molecule has 102 valence electrons. The molecule has 1 saturated heterocycles. The van der Waals surface area contributed by atoms with Crippen LogP contribution in [-0.2, 0) is 0 Å². The molecule has 18 heavy (non-hydrogen) atoms. The predicted molar refractivity (Wildman–Crippen MR) is 71.1 cm³/mol. The monoisotopic (exact) mass is 252 g/mol. The van der Waals surface area contributed by atoms with Gasteiger partial charge in [-0.2, -0.15) is 0 Å². The van der Waals surface area contributed by atoms with Crippen LogP contribution in [0.25, 0.3) is 0 Å². The summed E-state index contributed by atoms with van der Waals surface area (Å²) >= 11 is 0. The van der Waals surface area contributed by atoms with Crippen molar-refractivity contribution in [2.45, 2.75) is 50.7 Å². The molecule has 1 aliphatic heterocycles. The number of aliphatic hydroxyl groups excluding tert-OH is 1. The summed E-state index contributed by atoms with van der Waals surface area (Å²) < 4.78 is 5.54. The second-order valence-electron chi connectivity index (χ2n) is 5.24. The van der Waals surface area contributed by atoms with E-state index < -0.39 is 0 Å². The normalized spacial score (nSPS) is 25.6. The van der Waals surface area contributed by atoms with E-state index in [2.05, 4.69) is 4.90 Å². The molecule has 1 aromatic heterocycles. The van der Waals surface area contributed by atoms with Crippen molar-refractivity contribution in [2.24, 2.45) is 5.73 Å².